The highest BCUT2D eigenvalue weighted by Crippen LogP contribution is 2.48. The normalized spacial score (nSPS) is 29.6. The number of nitrogens with zero attached hydrogens (tertiary/aromatic N) is 3. The van der Waals surface area contributed by atoms with E-state index in [-0.39, 0.29) is 0 Å². The summed E-state index contributed by atoms with van der Waals surface area (Å²) < 4.78 is 0. The molecule has 0 amide bonds. The Kier molecular flexibility index (Phi) is 4.23. The fourth-order valence-corrected chi connectivity index (χ4v) is 4.57. The van der Waals surface area contributed by atoms with E-state index in [4.69, 9.17) is 4.99 Å². The summed E-state index contributed by atoms with van der Waals surface area (Å²) in [5.41, 5.74) is 0. The Balaban J connectivity index is 1.91. The number of hydrogen-bond donors (Lipinski definition) is 0. The van der Waals surface area contributed by atoms with Crippen LogP contribution in [0.1, 0.15) is 65.7 Å². The Morgan fingerprint density at radius 1 is 1.14 bits per heavy atom. The number of hydrogen-bond acceptors (Lipinski definition) is 3. The third-order valence-electron chi connectivity index (χ3n) is 5.29. The maximum atomic E-state index is 4.79. The zero-order valence-electron chi connectivity index (χ0n) is 13.8. The van der Waals surface area contributed by atoms with Crippen molar-refractivity contribution in [1.82, 2.24) is 4.81 Å². The van der Waals surface area contributed by atoms with Crippen LogP contribution < -0.4 is 0 Å². The van der Waals surface area contributed by atoms with Crippen LogP contribution in [0, 0.1) is 5.92 Å². The fraction of sp³-hybridized carbons (Fsp3) is 0.765. The minimum Gasteiger partial charge on any atom is -0.360 e. The molecular formula is C17H28BN3. The van der Waals surface area contributed by atoms with Gasteiger partial charge in [0.25, 0.3) is 6.85 Å². The summed E-state index contributed by atoms with van der Waals surface area (Å²) in [6.07, 6.45) is 9.36. The van der Waals surface area contributed by atoms with Gasteiger partial charge in [0.15, 0.2) is 0 Å². The predicted octanol–water partition coefficient (Wildman–Crippen LogP) is 4.74. The molecule has 3 nitrogen and oxygen atoms in total. The molecule has 3 rings (SSSR count). The lowest BCUT2D eigenvalue weighted by Crippen LogP contribution is -2.52. The molecule has 0 spiro atoms. The highest BCUT2D eigenvalue weighted by atomic mass is 15.3. The predicted molar refractivity (Wildman–Crippen MR) is 91.9 cm³/mol. The lowest BCUT2D eigenvalue weighted by molar-refractivity contribution is 0.416. The molecule has 0 aromatic carbocycles. The zero-order chi connectivity index (χ0) is 15.0. The van der Waals surface area contributed by atoms with Gasteiger partial charge in [-0.15, -0.1) is 0 Å². The molecule has 0 aromatic rings. The van der Waals surface area contributed by atoms with Crippen molar-refractivity contribution in [3.8, 4) is 0 Å². The second-order valence-corrected chi connectivity index (χ2v) is 7.44. The van der Waals surface area contributed by atoms with E-state index in [2.05, 4.69) is 30.2 Å². The number of fused-ring (bicyclic) bond motifs is 2. The molecule has 0 aromatic heterocycles. The first-order valence-corrected chi connectivity index (χ1v) is 8.67. The molecule has 0 atom stereocenters. The van der Waals surface area contributed by atoms with Crippen molar-refractivity contribution < 1.29 is 0 Å². The first kappa shape index (κ1) is 14.9. The highest BCUT2D eigenvalue weighted by molar-refractivity contribution is 6.63. The lowest BCUT2D eigenvalue weighted by Gasteiger charge is -2.47. The van der Waals surface area contributed by atoms with Gasteiger partial charge in [0.1, 0.15) is 11.7 Å². The number of aliphatic imine (C=N–C) groups is 2. The molecule has 0 radical (unpaired) electrons. The van der Waals surface area contributed by atoms with Gasteiger partial charge in [-0.3, -0.25) is 0 Å². The Bertz CT molecular complexity index is 458. The van der Waals surface area contributed by atoms with Crippen molar-refractivity contribution in [3.63, 3.8) is 0 Å². The Hall–Kier alpha value is -1.06. The third kappa shape index (κ3) is 2.95. The van der Waals surface area contributed by atoms with Crippen molar-refractivity contribution in [2.24, 2.45) is 15.9 Å². The average molecular weight is 285 g/mol. The molecule has 2 saturated heterocycles. The summed E-state index contributed by atoms with van der Waals surface area (Å²) in [6.45, 7) is 11.4. The largest absolute Gasteiger partial charge is 0.360 e. The summed E-state index contributed by atoms with van der Waals surface area (Å²) in [7, 11) is 0. The van der Waals surface area contributed by atoms with Crippen LogP contribution in [0.4, 0.5) is 0 Å². The van der Waals surface area contributed by atoms with Gasteiger partial charge in [-0.05, 0) is 24.5 Å². The van der Waals surface area contributed by atoms with Crippen molar-refractivity contribution in [3.05, 3.63) is 12.4 Å². The minimum absolute atomic E-state index is 0.606. The smallest absolute Gasteiger partial charge is 0.270 e. The molecule has 3 aliphatic rings. The summed E-state index contributed by atoms with van der Waals surface area (Å²) in [6, 6.07) is 0. The molecule has 3 heterocycles. The van der Waals surface area contributed by atoms with E-state index in [1.807, 2.05) is 6.92 Å². The molecule has 0 saturated carbocycles. The van der Waals surface area contributed by atoms with Gasteiger partial charge in [-0.1, -0.05) is 59.0 Å². The summed E-state index contributed by atoms with van der Waals surface area (Å²) in [4.78, 5) is 11.8. The van der Waals surface area contributed by atoms with E-state index in [9.17, 15) is 0 Å². The van der Waals surface area contributed by atoms with E-state index in [1.165, 1.54) is 44.4 Å². The summed E-state index contributed by atoms with van der Waals surface area (Å²) in [5, 5.41) is 0. The van der Waals surface area contributed by atoms with Crippen LogP contribution in [-0.2, 0) is 0 Å². The fourth-order valence-electron chi connectivity index (χ4n) is 4.57. The highest BCUT2D eigenvalue weighted by Gasteiger charge is 2.46. The third-order valence-corrected chi connectivity index (χ3v) is 5.29. The Labute approximate surface area is 129 Å². The molecule has 0 N–H and O–H groups in total. The Morgan fingerprint density at radius 2 is 1.71 bits per heavy atom. The van der Waals surface area contributed by atoms with Crippen molar-refractivity contribution in [2.75, 3.05) is 0 Å². The van der Waals surface area contributed by atoms with Gasteiger partial charge in [0.05, 0.1) is 5.84 Å². The van der Waals surface area contributed by atoms with Crippen LogP contribution in [0.5, 0.6) is 0 Å². The van der Waals surface area contributed by atoms with E-state index < -0.39 is 0 Å². The van der Waals surface area contributed by atoms with Gasteiger partial charge in [0, 0.05) is 6.42 Å². The number of amidine groups is 2. The standard InChI is InChI=1S/C17H28BN3/c1-12(2)11-17-20-13(3)19-14(4)21(17)18-15-7-5-8-16(18)10-6-9-15/h12,15-16H,4-11H2,1-3H3. The van der Waals surface area contributed by atoms with Crippen LogP contribution >= 0.6 is 0 Å². The molecule has 2 bridgehead atoms. The van der Waals surface area contributed by atoms with Crippen LogP contribution in [-0.4, -0.2) is 23.3 Å². The second-order valence-electron chi connectivity index (χ2n) is 7.44. The SMILES string of the molecule is C=C1N=C(C)N=C(CC(C)C)N1B1C2CCCC1CCC2. The Morgan fingerprint density at radius 3 is 2.24 bits per heavy atom. The summed E-state index contributed by atoms with van der Waals surface area (Å²) >= 11 is 0. The first-order chi connectivity index (χ1) is 10.1. The quantitative estimate of drug-likeness (QED) is 0.688. The first-order valence-electron chi connectivity index (χ1n) is 8.67. The van der Waals surface area contributed by atoms with Crippen LogP contribution in [0.25, 0.3) is 0 Å². The molecule has 3 aliphatic heterocycles. The number of rotatable bonds is 3. The maximum absolute atomic E-state index is 4.79. The topological polar surface area (TPSA) is 28.0 Å². The van der Waals surface area contributed by atoms with Gasteiger partial charge >= 0.3 is 0 Å². The molecule has 114 valence electrons. The monoisotopic (exact) mass is 285 g/mol. The van der Waals surface area contributed by atoms with Crippen LogP contribution in [0.15, 0.2) is 22.4 Å². The van der Waals surface area contributed by atoms with Crippen molar-refractivity contribution in [1.29, 1.82) is 0 Å². The lowest BCUT2D eigenvalue weighted by atomic mass is 9.33. The molecule has 2 fully saturated rings. The van der Waals surface area contributed by atoms with Crippen molar-refractivity contribution >= 4 is 18.5 Å². The molecule has 4 heteroatoms. The van der Waals surface area contributed by atoms with Crippen molar-refractivity contribution in [2.45, 2.75) is 77.4 Å². The maximum Gasteiger partial charge on any atom is 0.270 e. The van der Waals surface area contributed by atoms with E-state index >= 15 is 0 Å². The molecule has 21 heavy (non-hydrogen) atoms. The second kappa shape index (κ2) is 5.98. The van der Waals surface area contributed by atoms with Crippen LogP contribution in [0.3, 0.4) is 0 Å². The van der Waals surface area contributed by atoms with Gasteiger partial charge in [-0.2, -0.15) is 0 Å². The zero-order valence-corrected chi connectivity index (χ0v) is 13.8. The molecule has 0 unspecified atom stereocenters. The minimum atomic E-state index is 0.606. The van der Waals surface area contributed by atoms with E-state index in [0.717, 1.165) is 29.7 Å². The van der Waals surface area contributed by atoms with Gasteiger partial charge < -0.3 is 4.81 Å². The van der Waals surface area contributed by atoms with E-state index in [1.54, 1.807) is 0 Å². The molecule has 0 aliphatic carbocycles. The van der Waals surface area contributed by atoms with E-state index in [0.29, 0.717) is 12.8 Å². The van der Waals surface area contributed by atoms with Gasteiger partial charge in [-0.25, -0.2) is 9.98 Å². The van der Waals surface area contributed by atoms with Gasteiger partial charge in [0.2, 0.25) is 0 Å². The average Bonchev–Trinajstić information content (AvgIpc) is 2.36. The molecular weight excluding hydrogens is 257 g/mol. The summed E-state index contributed by atoms with van der Waals surface area (Å²) in [5.74, 6) is 5.27. The van der Waals surface area contributed by atoms with Crippen LogP contribution in [0.2, 0.25) is 11.6 Å².